The van der Waals surface area contributed by atoms with Gasteiger partial charge in [-0.1, -0.05) is 13.8 Å². The molecule has 0 bridgehead atoms. The minimum absolute atomic E-state index is 0.245. The van der Waals surface area contributed by atoms with E-state index in [0.29, 0.717) is 36.4 Å². The first kappa shape index (κ1) is 18.1. The lowest BCUT2D eigenvalue weighted by molar-refractivity contribution is 0.252. The van der Waals surface area contributed by atoms with Crippen LogP contribution in [0.2, 0.25) is 0 Å². The summed E-state index contributed by atoms with van der Waals surface area (Å²) in [6, 6.07) is 7.00. The van der Waals surface area contributed by atoms with Crippen LogP contribution in [0.1, 0.15) is 36.4 Å². The predicted molar refractivity (Wildman–Crippen MR) is 101 cm³/mol. The Morgan fingerprint density at radius 1 is 1.23 bits per heavy atom. The van der Waals surface area contributed by atoms with Crippen molar-refractivity contribution in [1.82, 2.24) is 20.5 Å². The number of hydrogen-bond acceptors (Lipinski definition) is 6. The first-order valence-corrected chi connectivity index (χ1v) is 9.29. The van der Waals surface area contributed by atoms with Gasteiger partial charge in [0.15, 0.2) is 0 Å². The van der Waals surface area contributed by atoms with E-state index >= 15 is 0 Å². The van der Waals surface area contributed by atoms with E-state index in [0.717, 1.165) is 16.3 Å². The number of nitrogens with zero attached hydrogens (tertiary/aromatic N) is 3. The SMILES string of the molecule is Cc1nnc(-c2ccc(NC(=O)NCCc3csc(C(C)C)n3)cc2)o1. The summed E-state index contributed by atoms with van der Waals surface area (Å²) in [5, 5.41) is 16.6. The highest BCUT2D eigenvalue weighted by Gasteiger charge is 2.08. The largest absolute Gasteiger partial charge is 0.421 e. The van der Waals surface area contributed by atoms with E-state index in [-0.39, 0.29) is 6.03 Å². The van der Waals surface area contributed by atoms with Crippen molar-refractivity contribution in [3.63, 3.8) is 0 Å². The second-order valence-electron chi connectivity index (χ2n) is 6.17. The van der Waals surface area contributed by atoms with Gasteiger partial charge in [0.05, 0.1) is 10.7 Å². The molecule has 2 aromatic heterocycles. The summed E-state index contributed by atoms with van der Waals surface area (Å²) in [5.41, 5.74) is 2.51. The highest BCUT2D eigenvalue weighted by molar-refractivity contribution is 7.09. The number of carbonyl (C=O) groups excluding carboxylic acids is 1. The molecule has 2 amide bonds. The number of urea groups is 1. The van der Waals surface area contributed by atoms with Gasteiger partial charge in [-0.3, -0.25) is 0 Å². The lowest BCUT2D eigenvalue weighted by Gasteiger charge is -2.07. The van der Waals surface area contributed by atoms with Gasteiger partial charge in [0.1, 0.15) is 0 Å². The maximum absolute atomic E-state index is 12.0. The number of rotatable bonds is 6. The van der Waals surface area contributed by atoms with E-state index in [4.69, 9.17) is 4.42 Å². The van der Waals surface area contributed by atoms with Crippen LogP contribution in [-0.4, -0.2) is 27.8 Å². The molecule has 26 heavy (non-hydrogen) atoms. The molecule has 0 unspecified atom stereocenters. The zero-order chi connectivity index (χ0) is 18.5. The number of aryl methyl sites for hydroxylation is 1. The van der Waals surface area contributed by atoms with Crippen molar-refractivity contribution in [2.45, 2.75) is 33.1 Å². The summed E-state index contributed by atoms with van der Waals surface area (Å²) in [7, 11) is 0. The lowest BCUT2D eigenvalue weighted by Crippen LogP contribution is -2.30. The minimum atomic E-state index is -0.245. The zero-order valence-corrected chi connectivity index (χ0v) is 15.8. The number of carbonyl (C=O) groups is 1. The Labute approximate surface area is 155 Å². The molecule has 2 heterocycles. The second kappa shape index (κ2) is 8.09. The standard InChI is InChI=1S/C18H21N5O2S/c1-11(2)17-20-15(10-26-17)8-9-19-18(24)21-14-6-4-13(5-7-14)16-23-22-12(3)25-16/h4-7,10-11H,8-9H2,1-3H3,(H2,19,21,24). The van der Waals surface area contributed by atoms with E-state index in [1.54, 1.807) is 30.4 Å². The van der Waals surface area contributed by atoms with Crippen molar-refractivity contribution >= 4 is 23.1 Å². The molecule has 0 fully saturated rings. The second-order valence-corrected chi connectivity index (χ2v) is 7.06. The van der Waals surface area contributed by atoms with Crippen LogP contribution in [0.25, 0.3) is 11.5 Å². The zero-order valence-electron chi connectivity index (χ0n) is 14.9. The molecule has 7 nitrogen and oxygen atoms in total. The first-order chi connectivity index (χ1) is 12.5. The molecule has 0 atom stereocenters. The Morgan fingerprint density at radius 2 is 2.00 bits per heavy atom. The number of aromatic nitrogens is 3. The average Bonchev–Trinajstić information content (AvgIpc) is 3.25. The highest BCUT2D eigenvalue weighted by atomic mass is 32.1. The third-order valence-electron chi connectivity index (χ3n) is 3.65. The summed E-state index contributed by atoms with van der Waals surface area (Å²) >= 11 is 1.66. The number of benzene rings is 1. The predicted octanol–water partition coefficient (Wildman–Crippen LogP) is 3.99. The number of amides is 2. The molecule has 0 radical (unpaired) electrons. The molecular formula is C18H21N5O2S. The van der Waals surface area contributed by atoms with Crippen molar-refractivity contribution in [1.29, 1.82) is 0 Å². The summed E-state index contributed by atoms with van der Waals surface area (Å²) in [6.45, 7) is 6.52. The van der Waals surface area contributed by atoms with Crippen LogP contribution in [0, 0.1) is 6.92 Å². The van der Waals surface area contributed by atoms with Gasteiger partial charge in [0, 0.05) is 42.4 Å². The molecule has 0 spiro atoms. The maximum atomic E-state index is 12.0. The maximum Gasteiger partial charge on any atom is 0.319 e. The summed E-state index contributed by atoms with van der Waals surface area (Å²) in [6.07, 6.45) is 0.714. The van der Waals surface area contributed by atoms with Crippen LogP contribution < -0.4 is 10.6 Å². The van der Waals surface area contributed by atoms with Gasteiger partial charge in [-0.2, -0.15) is 0 Å². The van der Waals surface area contributed by atoms with Gasteiger partial charge in [0.25, 0.3) is 0 Å². The number of nitrogens with one attached hydrogen (secondary N) is 2. The van der Waals surface area contributed by atoms with Crippen molar-refractivity contribution in [3.05, 3.63) is 46.2 Å². The van der Waals surface area contributed by atoms with Crippen LogP contribution >= 0.6 is 11.3 Å². The smallest absolute Gasteiger partial charge is 0.319 e. The highest BCUT2D eigenvalue weighted by Crippen LogP contribution is 2.20. The van der Waals surface area contributed by atoms with Crippen molar-refractivity contribution in [3.8, 4) is 11.5 Å². The summed E-state index contributed by atoms with van der Waals surface area (Å²) in [4.78, 5) is 16.6. The third kappa shape index (κ3) is 4.66. The van der Waals surface area contributed by atoms with Gasteiger partial charge in [0.2, 0.25) is 11.8 Å². The molecule has 0 aliphatic heterocycles. The van der Waals surface area contributed by atoms with Crippen LogP contribution in [0.3, 0.4) is 0 Å². The molecule has 0 saturated heterocycles. The van der Waals surface area contributed by atoms with E-state index in [2.05, 4.69) is 39.7 Å². The minimum Gasteiger partial charge on any atom is -0.421 e. The molecule has 8 heteroatoms. The fraction of sp³-hybridized carbons (Fsp3) is 0.333. The first-order valence-electron chi connectivity index (χ1n) is 8.41. The molecule has 0 aliphatic carbocycles. The summed E-state index contributed by atoms with van der Waals surface area (Å²) < 4.78 is 5.38. The van der Waals surface area contributed by atoms with E-state index in [1.807, 2.05) is 17.5 Å². The molecule has 0 saturated carbocycles. The summed E-state index contributed by atoms with van der Waals surface area (Å²) in [5.74, 6) is 1.41. The van der Waals surface area contributed by atoms with Gasteiger partial charge in [-0.05, 0) is 24.3 Å². The molecule has 1 aromatic carbocycles. The van der Waals surface area contributed by atoms with E-state index in [9.17, 15) is 4.79 Å². The molecular weight excluding hydrogens is 350 g/mol. The van der Waals surface area contributed by atoms with Gasteiger partial charge in [-0.25, -0.2) is 9.78 Å². The van der Waals surface area contributed by atoms with Crippen molar-refractivity contribution in [2.75, 3.05) is 11.9 Å². The Bertz CT molecular complexity index is 870. The van der Waals surface area contributed by atoms with Crippen LogP contribution in [-0.2, 0) is 6.42 Å². The lowest BCUT2D eigenvalue weighted by atomic mass is 10.2. The Kier molecular flexibility index (Phi) is 5.62. The van der Waals surface area contributed by atoms with E-state index < -0.39 is 0 Å². The monoisotopic (exact) mass is 371 g/mol. The molecule has 0 aliphatic rings. The van der Waals surface area contributed by atoms with Gasteiger partial charge >= 0.3 is 6.03 Å². The molecule has 2 N–H and O–H groups in total. The molecule has 136 valence electrons. The van der Waals surface area contributed by atoms with Crippen molar-refractivity contribution in [2.24, 2.45) is 0 Å². The molecule has 3 aromatic rings. The van der Waals surface area contributed by atoms with Gasteiger partial charge in [-0.15, -0.1) is 21.5 Å². The van der Waals surface area contributed by atoms with Gasteiger partial charge < -0.3 is 15.1 Å². The Hall–Kier alpha value is -2.74. The van der Waals surface area contributed by atoms with Crippen LogP contribution in [0.15, 0.2) is 34.1 Å². The average molecular weight is 371 g/mol. The number of hydrogen-bond donors (Lipinski definition) is 2. The molecule has 3 rings (SSSR count). The normalized spacial score (nSPS) is 10.9. The Morgan fingerprint density at radius 3 is 2.62 bits per heavy atom. The number of anilines is 1. The topological polar surface area (TPSA) is 92.9 Å². The van der Waals surface area contributed by atoms with Crippen LogP contribution in [0.4, 0.5) is 10.5 Å². The Balaban J connectivity index is 1.47. The quantitative estimate of drug-likeness (QED) is 0.683. The third-order valence-corrected chi connectivity index (χ3v) is 4.84. The number of thiazole rings is 1. The van der Waals surface area contributed by atoms with Crippen molar-refractivity contribution < 1.29 is 9.21 Å². The van der Waals surface area contributed by atoms with E-state index in [1.165, 1.54) is 0 Å². The van der Waals surface area contributed by atoms with Crippen LogP contribution in [0.5, 0.6) is 0 Å². The fourth-order valence-corrected chi connectivity index (χ4v) is 3.16. The fourth-order valence-electron chi connectivity index (χ4n) is 2.29.